The Bertz CT molecular complexity index is 655. The minimum Gasteiger partial charge on any atom is -0.619 e. The van der Waals surface area contributed by atoms with Gasteiger partial charge in [-0.1, -0.05) is 30.3 Å². The highest BCUT2D eigenvalue weighted by molar-refractivity contribution is 6.06. The Balaban J connectivity index is 2.10. The zero-order valence-corrected chi connectivity index (χ0v) is 10.9. The summed E-state index contributed by atoms with van der Waals surface area (Å²) in [5.74, 6) is -0.173. The topological polar surface area (TPSA) is 61.1 Å². The summed E-state index contributed by atoms with van der Waals surface area (Å²) in [6, 6.07) is 9.93. The Morgan fingerprint density at radius 3 is 2.15 bits per heavy atom. The average Bonchev–Trinajstić information content (AvgIpc) is 2.46. The van der Waals surface area contributed by atoms with Crippen LogP contribution in [0.3, 0.4) is 0 Å². The molecule has 2 aromatic rings. The van der Waals surface area contributed by atoms with Crippen LogP contribution in [0.5, 0.6) is 0 Å². The first-order valence-electron chi connectivity index (χ1n) is 6.08. The van der Waals surface area contributed by atoms with E-state index in [-0.39, 0.29) is 11.6 Å². The van der Waals surface area contributed by atoms with E-state index >= 15 is 0 Å². The maximum absolute atomic E-state index is 11.9. The van der Waals surface area contributed by atoms with Crippen LogP contribution in [0.1, 0.15) is 33.2 Å². The van der Waals surface area contributed by atoms with Crippen molar-refractivity contribution in [3.05, 3.63) is 76.8 Å². The summed E-state index contributed by atoms with van der Waals surface area (Å²) in [6.07, 6.45) is 5.67. The van der Waals surface area contributed by atoms with E-state index < -0.39 is 0 Å². The van der Waals surface area contributed by atoms with Crippen LogP contribution in [0.25, 0.3) is 6.08 Å². The Hall–Kier alpha value is -2.75. The SMILES string of the molecule is CC(=O)c1ccc(/C=C/C(=O)c2cc[n+]([O-])cc2)cc1. The van der Waals surface area contributed by atoms with Crippen LogP contribution in [-0.4, -0.2) is 11.6 Å². The minimum atomic E-state index is -0.179. The molecule has 4 nitrogen and oxygen atoms in total. The molecule has 4 heteroatoms. The standard InChI is InChI=1S/C16H13NO3/c1-12(18)14-5-2-13(3-6-14)4-7-16(19)15-8-10-17(20)11-9-15/h2-11H,1H3/b7-4+. The highest BCUT2D eigenvalue weighted by Gasteiger charge is 2.03. The number of ketones is 2. The Morgan fingerprint density at radius 1 is 1.00 bits per heavy atom. The summed E-state index contributed by atoms with van der Waals surface area (Å²) >= 11 is 0. The molecule has 2 rings (SSSR count). The molecule has 0 amide bonds. The molecule has 20 heavy (non-hydrogen) atoms. The molecular formula is C16H13NO3. The third-order valence-electron chi connectivity index (χ3n) is 2.83. The van der Waals surface area contributed by atoms with Gasteiger partial charge >= 0.3 is 0 Å². The molecule has 0 radical (unpaired) electrons. The monoisotopic (exact) mass is 267 g/mol. The quantitative estimate of drug-likeness (QED) is 0.370. The summed E-state index contributed by atoms with van der Waals surface area (Å²) in [5, 5.41) is 10.9. The van der Waals surface area contributed by atoms with Gasteiger partial charge in [0.05, 0.1) is 0 Å². The number of pyridine rings is 1. The van der Waals surface area contributed by atoms with Crippen molar-refractivity contribution in [2.45, 2.75) is 6.92 Å². The van der Waals surface area contributed by atoms with E-state index in [9.17, 15) is 14.8 Å². The Kier molecular flexibility index (Phi) is 4.05. The predicted octanol–water partition coefficient (Wildman–Crippen LogP) is 2.42. The summed E-state index contributed by atoms with van der Waals surface area (Å²) in [4.78, 5) is 23.0. The fraction of sp³-hybridized carbons (Fsp3) is 0.0625. The Labute approximate surface area is 116 Å². The molecule has 1 aromatic heterocycles. The molecule has 0 saturated carbocycles. The molecule has 1 aromatic carbocycles. The van der Waals surface area contributed by atoms with Gasteiger partial charge in [0.1, 0.15) is 0 Å². The number of carbonyl (C=O) groups excluding carboxylic acids is 2. The number of hydrogen-bond acceptors (Lipinski definition) is 3. The van der Waals surface area contributed by atoms with Gasteiger partial charge in [0, 0.05) is 23.3 Å². The van der Waals surface area contributed by atoms with Gasteiger partial charge in [0.2, 0.25) is 0 Å². The molecule has 1 heterocycles. The normalized spacial score (nSPS) is 10.7. The summed E-state index contributed by atoms with van der Waals surface area (Å²) in [6.45, 7) is 1.51. The number of hydrogen-bond donors (Lipinski definition) is 0. The zero-order chi connectivity index (χ0) is 14.5. The third-order valence-corrected chi connectivity index (χ3v) is 2.83. The Morgan fingerprint density at radius 2 is 1.60 bits per heavy atom. The maximum atomic E-state index is 11.9. The molecule has 0 aliphatic rings. The molecule has 0 unspecified atom stereocenters. The van der Waals surface area contributed by atoms with Crippen LogP contribution in [-0.2, 0) is 0 Å². The first kappa shape index (κ1) is 13.7. The highest BCUT2D eigenvalue weighted by atomic mass is 16.5. The zero-order valence-electron chi connectivity index (χ0n) is 10.9. The van der Waals surface area contributed by atoms with Crippen molar-refractivity contribution in [2.24, 2.45) is 0 Å². The van der Waals surface area contributed by atoms with Gasteiger partial charge in [-0.2, -0.15) is 4.73 Å². The fourth-order valence-electron chi connectivity index (χ4n) is 1.67. The molecule has 0 saturated heterocycles. The molecule has 0 fully saturated rings. The first-order valence-corrected chi connectivity index (χ1v) is 6.08. The maximum Gasteiger partial charge on any atom is 0.186 e. The lowest BCUT2D eigenvalue weighted by Gasteiger charge is -1.98. The summed E-state index contributed by atoms with van der Waals surface area (Å²) in [5.41, 5.74) is 1.92. The van der Waals surface area contributed by atoms with Crippen molar-refractivity contribution >= 4 is 17.6 Å². The molecule has 100 valence electrons. The van der Waals surface area contributed by atoms with Crippen molar-refractivity contribution in [3.8, 4) is 0 Å². The number of Topliss-reactive ketones (excluding diaryl/α,β-unsaturated/α-hetero) is 1. The van der Waals surface area contributed by atoms with Gasteiger partial charge in [-0.15, -0.1) is 0 Å². The van der Waals surface area contributed by atoms with Crippen molar-refractivity contribution in [3.63, 3.8) is 0 Å². The van der Waals surface area contributed by atoms with E-state index in [1.165, 1.54) is 37.5 Å². The van der Waals surface area contributed by atoms with Gasteiger partial charge in [-0.25, -0.2) is 0 Å². The first-order chi connectivity index (χ1) is 9.56. The molecule has 0 aliphatic heterocycles. The van der Waals surface area contributed by atoms with Crippen LogP contribution in [0.2, 0.25) is 0 Å². The lowest BCUT2D eigenvalue weighted by atomic mass is 10.1. The van der Waals surface area contributed by atoms with Crippen molar-refractivity contribution in [1.29, 1.82) is 0 Å². The van der Waals surface area contributed by atoms with E-state index in [1.807, 2.05) is 0 Å². The molecule has 0 N–H and O–H groups in total. The minimum absolute atomic E-state index is 0.00630. The number of allylic oxidation sites excluding steroid dienone is 1. The number of benzene rings is 1. The molecular weight excluding hydrogens is 254 g/mol. The van der Waals surface area contributed by atoms with Crippen LogP contribution in [0, 0.1) is 5.21 Å². The predicted molar refractivity (Wildman–Crippen MR) is 75.2 cm³/mol. The smallest absolute Gasteiger partial charge is 0.186 e. The fourth-order valence-corrected chi connectivity index (χ4v) is 1.67. The van der Waals surface area contributed by atoms with E-state index in [1.54, 1.807) is 30.3 Å². The van der Waals surface area contributed by atoms with Crippen molar-refractivity contribution in [2.75, 3.05) is 0 Å². The third kappa shape index (κ3) is 3.38. The van der Waals surface area contributed by atoms with Crippen LogP contribution < -0.4 is 4.73 Å². The van der Waals surface area contributed by atoms with E-state index in [4.69, 9.17) is 0 Å². The van der Waals surface area contributed by atoms with Gasteiger partial charge in [-0.3, -0.25) is 9.59 Å². The van der Waals surface area contributed by atoms with Crippen molar-refractivity contribution in [1.82, 2.24) is 0 Å². The highest BCUT2D eigenvalue weighted by Crippen LogP contribution is 2.08. The number of nitrogens with zero attached hydrogens (tertiary/aromatic N) is 1. The second kappa shape index (κ2) is 5.93. The van der Waals surface area contributed by atoms with Crippen LogP contribution in [0.4, 0.5) is 0 Å². The van der Waals surface area contributed by atoms with Crippen LogP contribution >= 0.6 is 0 Å². The largest absolute Gasteiger partial charge is 0.619 e. The lowest BCUT2D eigenvalue weighted by Crippen LogP contribution is -2.24. The molecule has 0 bridgehead atoms. The average molecular weight is 267 g/mol. The summed E-state index contributed by atoms with van der Waals surface area (Å²) < 4.78 is 0.626. The number of carbonyl (C=O) groups is 2. The van der Waals surface area contributed by atoms with E-state index in [0.29, 0.717) is 15.9 Å². The van der Waals surface area contributed by atoms with Gasteiger partial charge in [0.15, 0.2) is 24.0 Å². The van der Waals surface area contributed by atoms with Gasteiger partial charge in [-0.05, 0) is 18.6 Å². The number of rotatable bonds is 4. The number of aromatic nitrogens is 1. The lowest BCUT2D eigenvalue weighted by molar-refractivity contribution is -0.605. The van der Waals surface area contributed by atoms with Gasteiger partial charge < -0.3 is 5.21 Å². The van der Waals surface area contributed by atoms with Gasteiger partial charge in [0.25, 0.3) is 0 Å². The summed E-state index contributed by atoms with van der Waals surface area (Å²) in [7, 11) is 0. The van der Waals surface area contributed by atoms with Crippen molar-refractivity contribution < 1.29 is 14.3 Å². The molecule has 0 aliphatic carbocycles. The van der Waals surface area contributed by atoms with Crippen LogP contribution in [0.15, 0.2) is 54.9 Å². The second-order valence-electron chi connectivity index (χ2n) is 4.32. The molecule has 0 atom stereocenters. The van der Waals surface area contributed by atoms with E-state index in [2.05, 4.69) is 0 Å². The molecule has 0 spiro atoms. The second-order valence-corrected chi connectivity index (χ2v) is 4.32. The van der Waals surface area contributed by atoms with E-state index in [0.717, 1.165) is 5.56 Å².